The third-order valence-electron chi connectivity index (χ3n) is 3.32. The molecule has 4 heteroatoms. The number of benzene rings is 1. The van der Waals surface area contributed by atoms with Gasteiger partial charge in [-0.3, -0.25) is 0 Å². The minimum Gasteiger partial charge on any atom is -0.497 e. The zero-order valence-electron chi connectivity index (χ0n) is 12.4. The molecule has 2 rings (SSSR count). The summed E-state index contributed by atoms with van der Waals surface area (Å²) in [6, 6.07) is 6.18. The highest BCUT2D eigenvalue weighted by Gasteiger charge is 2.17. The van der Waals surface area contributed by atoms with Gasteiger partial charge in [-0.2, -0.15) is 11.3 Å². The summed E-state index contributed by atoms with van der Waals surface area (Å²) < 4.78 is 10.7. The van der Waals surface area contributed by atoms with Crippen LogP contribution in [0.5, 0.6) is 11.5 Å². The minimum absolute atomic E-state index is 0.162. The quantitative estimate of drug-likeness (QED) is 0.878. The molecular weight excluding hydrogens is 270 g/mol. The summed E-state index contributed by atoms with van der Waals surface area (Å²) in [6.07, 6.45) is 0. The van der Waals surface area contributed by atoms with Crippen molar-refractivity contribution in [2.24, 2.45) is 0 Å². The number of thiophene rings is 1. The van der Waals surface area contributed by atoms with E-state index in [1.807, 2.05) is 6.07 Å². The van der Waals surface area contributed by atoms with E-state index in [1.165, 1.54) is 11.1 Å². The van der Waals surface area contributed by atoms with Crippen LogP contribution in [-0.4, -0.2) is 20.8 Å². The molecule has 0 aliphatic carbocycles. The van der Waals surface area contributed by atoms with E-state index in [2.05, 4.69) is 42.1 Å². The van der Waals surface area contributed by atoms with E-state index in [-0.39, 0.29) is 6.04 Å². The van der Waals surface area contributed by atoms with E-state index in [4.69, 9.17) is 9.47 Å². The Labute approximate surface area is 124 Å². The average molecular weight is 291 g/mol. The van der Waals surface area contributed by atoms with Crippen LogP contribution >= 0.6 is 11.3 Å². The Morgan fingerprint density at radius 2 is 1.75 bits per heavy atom. The van der Waals surface area contributed by atoms with Gasteiger partial charge in [-0.05, 0) is 53.1 Å². The molecular formula is C16H21NO2S. The van der Waals surface area contributed by atoms with Gasteiger partial charge in [-0.25, -0.2) is 0 Å². The van der Waals surface area contributed by atoms with Crippen molar-refractivity contribution in [3.05, 3.63) is 45.6 Å². The van der Waals surface area contributed by atoms with Crippen LogP contribution in [0.3, 0.4) is 0 Å². The molecule has 1 aromatic carbocycles. The van der Waals surface area contributed by atoms with Crippen LogP contribution in [0, 0.1) is 6.92 Å². The highest BCUT2D eigenvalue weighted by molar-refractivity contribution is 7.08. The van der Waals surface area contributed by atoms with Gasteiger partial charge >= 0.3 is 0 Å². The topological polar surface area (TPSA) is 30.5 Å². The largest absolute Gasteiger partial charge is 0.497 e. The van der Waals surface area contributed by atoms with Crippen molar-refractivity contribution >= 4 is 11.3 Å². The van der Waals surface area contributed by atoms with Crippen LogP contribution in [0.1, 0.15) is 29.7 Å². The molecule has 1 N–H and O–H groups in total. The molecule has 0 saturated carbocycles. The van der Waals surface area contributed by atoms with Gasteiger partial charge in [0.1, 0.15) is 11.5 Å². The smallest absolute Gasteiger partial charge is 0.122 e. The predicted molar refractivity (Wildman–Crippen MR) is 84.1 cm³/mol. The van der Waals surface area contributed by atoms with Gasteiger partial charge in [0.25, 0.3) is 0 Å². The maximum absolute atomic E-state index is 5.37. The molecule has 2 aromatic rings. The average Bonchev–Trinajstić information content (AvgIpc) is 2.90. The summed E-state index contributed by atoms with van der Waals surface area (Å²) in [5.41, 5.74) is 3.78. The third-order valence-corrected chi connectivity index (χ3v) is 4.20. The van der Waals surface area contributed by atoms with Gasteiger partial charge in [-0.1, -0.05) is 6.92 Å². The molecule has 1 unspecified atom stereocenters. The molecule has 1 heterocycles. The third kappa shape index (κ3) is 3.14. The summed E-state index contributed by atoms with van der Waals surface area (Å²) >= 11 is 1.73. The molecule has 0 spiro atoms. The summed E-state index contributed by atoms with van der Waals surface area (Å²) in [5, 5.41) is 7.92. The van der Waals surface area contributed by atoms with Crippen molar-refractivity contribution in [1.82, 2.24) is 5.32 Å². The Hall–Kier alpha value is -1.52. The van der Waals surface area contributed by atoms with Crippen molar-refractivity contribution < 1.29 is 9.47 Å². The molecule has 3 nitrogen and oxygen atoms in total. The SMILES string of the molecule is CCNC(c1cc(OC)cc(OC)c1)c1cscc1C. The molecule has 108 valence electrons. The summed E-state index contributed by atoms with van der Waals surface area (Å²) in [5.74, 6) is 1.63. The zero-order chi connectivity index (χ0) is 14.5. The molecule has 0 aliphatic rings. The van der Waals surface area contributed by atoms with E-state index >= 15 is 0 Å². The Morgan fingerprint density at radius 1 is 1.10 bits per heavy atom. The lowest BCUT2D eigenvalue weighted by Crippen LogP contribution is -2.22. The first-order valence-electron chi connectivity index (χ1n) is 6.68. The van der Waals surface area contributed by atoms with E-state index < -0.39 is 0 Å². The number of hydrogen-bond donors (Lipinski definition) is 1. The molecule has 0 bridgehead atoms. The fourth-order valence-corrected chi connectivity index (χ4v) is 3.15. The fourth-order valence-electron chi connectivity index (χ4n) is 2.27. The second kappa shape index (κ2) is 6.77. The number of hydrogen-bond acceptors (Lipinski definition) is 4. The Kier molecular flexibility index (Phi) is 5.04. The molecule has 1 atom stereocenters. The van der Waals surface area contributed by atoms with Crippen LogP contribution < -0.4 is 14.8 Å². The standard InChI is InChI=1S/C16H21NO2S/c1-5-17-16(15-10-20-9-11(15)2)12-6-13(18-3)8-14(7-12)19-4/h6-10,16-17H,5H2,1-4H3. The lowest BCUT2D eigenvalue weighted by Gasteiger charge is -2.20. The van der Waals surface area contributed by atoms with Crippen molar-refractivity contribution in [1.29, 1.82) is 0 Å². The number of nitrogens with one attached hydrogen (secondary N) is 1. The summed E-state index contributed by atoms with van der Waals surface area (Å²) in [7, 11) is 3.35. The summed E-state index contributed by atoms with van der Waals surface area (Å²) in [4.78, 5) is 0. The Balaban J connectivity index is 2.46. The lowest BCUT2D eigenvalue weighted by atomic mass is 9.98. The Morgan fingerprint density at radius 3 is 2.20 bits per heavy atom. The first kappa shape index (κ1) is 14.9. The zero-order valence-corrected chi connectivity index (χ0v) is 13.2. The molecule has 0 aliphatic heterocycles. The second-order valence-corrected chi connectivity index (χ2v) is 5.39. The molecule has 1 aromatic heterocycles. The highest BCUT2D eigenvalue weighted by Crippen LogP contribution is 2.32. The molecule has 0 radical (unpaired) electrons. The summed E-state index contributed by atoms with van der Waals surface area (Å²) in [6.45, 7) is 5.17. The van der Waals surface area contributed by atoms with Gasteiger partial charge in [0.2, 0.25) is 0 Å². The lowest BCUT2D eigenvalue weighted by molar-refractivity contribution is 0.392. The van der Waals surface area contributed by atoms with Gasteiger partial charge in [-0.15, -0.1) is 0 Å². The van der Waals surface area contributed by atoms with Gasteiger partial charge < -0.3 is 14.8 Å². The second-order valence-electron chi connectivity index (χ2n) is 4.65. The first-order chi connectivity index (χ1) is 9.69. The fraction of sp³-hybridized carbons (Fsp3) is 0.375. The van der Waals surface area contributed by atoms with Gasteiger partial charge in [0.05, 0.1) is 20.3 Å². The maximum atomic E-state index is 5.37. The van der Waals surface area contributed by atoms with Gasteiger partial charge in [0.15, 0.2) is 0 Å². The highest BCUT2D eigenvalue weighted by atomic mass is 32.1. The van der Waals surface area contributed by atoms with Crippen molar-refractivity contribution in [2.75, 3.05) is 20.8 Å². The van der Waals surface area contributed by atoms with Crippen LogP contribution in [-0.2, 0) is 0 Å². The molecule has 0 fully saturated rings. The minimum atomic E-state index is 0.162. The van der Waals surface area contributed by atoms with Gasteiger partial charge in [0, 0.05) is 6.07 Å². The number of aryl methyl sites for hydroxylation is 1. The van der Waals surface area contributed by atoms with Crippen LogP contribution in [0.2, 0.25) is 0 Å². The predicted octanol–water partition coefficient (Wildman–Crippen LogP) is 3.77. The van der Waals surface area contributed by atoms with Crippen molar-refractivity contribution in [3.63, 3.8) is 0 Å². The molecule has 20 heavy (non-hydrogen) atoms. The van der Waals surface area contributed by atoms with E-state index in [1.54, 1.807) is 25.6 Å². The van der Waals surface area contributed by atoms with E-state index in [9.17, 15) is 0 Å². The first-order valence-corrected chi connectivity index (χ1v) is 7.63. The molecule has 0 amide bonds. The Bertz CT molecular complexity index is 543. The number of ether oxygens (including phenoxy) is 2. The van der Waals surface area contributed by atoms with Crippen LogP contribution in [0.15, 0.2) is 29.0 Å². The maximum Gasteiger partial charge on any atom is 0.122 e. The number of rotatable bonds is 6. The van der Waals surface area contributed by atoms with Crippen LogP contribution in [0.4, 0.5) is 0 Å². The monoisotopic (exact) mass is 291 g/mol. The van der Waals surface area contributed by atoms with Crippen molar-refractivity contribution in [3.8, 4) is 11.5 Å². The van der Waals surface area contributed by atoms with Crippen molar-refractivity contribution in [2.45, 2.75) is 19.9 Å². The van der Waals surface area contributed by atoms with E-state index in [0.29, 0.717) is 0 Å². The normalized spacial score (nSPS) is 12.2. The van der Waals surface area contributed by atoms with Crippen LogP contribution in [0.25, 0.3) is 0 Å². The van der Waals surface area contributed by atoms with E-state index in [0.717, 1.165) is 23.6 Å². The molecule has 0 saturated heterocycles. The number of methoxy groups -OCH3 is 2.